The van der Waals surface area contributed by atoms with Crippen LogP contribution in [0.5, 0.6) is 0 Å². The van der Waals surface area contributed by atoms with Crippen LogP contribution in [0.25, 0.3) is 10.9 Å². The number of alkyl halides is 6. The lowest BCUT2D eigenvalue weighted by atomic mass is 9.90. The Morgan fingerprint density at radius 2 is 1.71 bits per heavy atom. The molecule has 35 heavy (non-hydrogen) atoms. The second kappa shape index (κ2) is 8.44. The minimum atomic E-state index is -5.04. The van der Waals surface area contributed by atoms with E-state index in [4.69, 9.17) is 16.3 Å². The summed E-state index contributed by atoms with van der Waals surface area (Å²) in [5.41, 5.74) is -2.67. The number of hydrogen-bond donors (Lipinski definition) is 1. The van der Waals surface area contributed by atoms with Gasteiger partial charge in [0.2, 0.25) is 0 Å². The second-order valence-electron chi connectivity index (χ2n) is 9.01. The fourth-order valence-electron chi connectivity index (χ4n) is 4.52. The molecule has 2 aromatic carbocycles. The summed E-state index contributed by atoms with van der Waals surface area (Å²) < 4.78 is 87.0. The van der Waals surface area contributed by atoms with E-state index >= 15 is 0 Å². The number of carbonyl (C=O) groups excluding carboxylic acids is 1. The van der Waals surface area contributed by atoms with Crippen LogP contribution in [0, 0.1) is 0 Å². The molecular formula is C24H21ClF6N2O2. The van der Waals surface area contributed by atoms with Crippen molar-refractivity contribution in [2.45, 2.75) is 57.7 Å². The molecule has 3 aromatic rings. The first-order valence-electron chi connectivity index (χ1n) is 10.7. The highest BCUT2D eigenvalue weighted by atomic mass is 35.5. The summed E-state index contributed by atoms with van der Waals surface area (Å²) in [6.07, 6.45) is -9.75. The maximum absolute atomic E-state index is 13.4. The molecule has 0 unspecified atom stereocenters. The van der Waals surface area contributed by atoms with E-state index in [1.165, 1.54) is 4.57 Å². The summed E-state index contributed by atoms with van der Waals surface area (Å²) in [4.78, 5) is 13.4. The number of ether oxygens (including phenoxy) is 1. The Hall–Kier alpha value is -2.72. The molecule has 4 nitrogen and oxygen atoms in total. The number of anilines is 1. The third kappa shape index (κ3) is 4.73. The molecule has 0 bridgehead atoms. The van der Waals surface area contributed by atoms with E-state index in [-0.39, 0.29) is 6.07 Å². The topological polar surface area (TPSA) is 43.3 Å². The highest BCUT2D eigenvalue weighted by Crippen LogP contribution is 2.45. The normalized spacial score (nSPS) is 17.9. The number of carbonyl (C=O) groups is 1. The average Bonchev–Trinajstić information content (AvgIpc) is 3.06. The van der Waals surface area contributed by atoms with Crippen molar-refractivity contribution in [3.63, 3.8) is 0 Å². The van der Waals surface area contributed by atoms with Crippen molar-refractivity contribution in [1.29, 1.82) is 0 Å². The zero-order valence-electron chi connectivity index (χ0n) is 18.9. The zero-order valence-corrected chi connectivity index (χ0v) is 19.6. The Bertz CT molecular complexity index is 1280. The highest BCUT2D eigenvalue weighted by Gasteiger charge is 2.39. The van der Waals surface area contributed by atoms with Gasteiger partial charge in [-0.25, -0.2) is 4.79 Å². The molecule has 1 amide bonds. The van der Waals surface area contributed by atoms with Crippen molar-refractivity contribution in [2.24, 2.45) is 0 Å². The van der Waals surface area contributed by atoms with Gasteiger partial charge in [-0.15, -0.1) is 0 Å². The Balaban J connectivity index is 1.88. The number of fused-ring (bicyclic) bond motifs is 3. The summed E-state index contributed by atoms with van der Waals surface area (Å²) in [7, 11) is 0. The molecule has 0 radical (unpaired) electrons. The summed E-state index contributed by atoms with van der Waals surface area (Å²) >= 11 is 6.46. The Labute approximate surface area is 201 Å². The molecule has 1 aliphatic heterocycles. The smallest absolute Gasteiger partial charge is 0.366 e. The first kappa shape index (κ1) is 25.4. The summed E-state index contributed by atoms with van der Waals surface area (Å²) in [5, 5.41) is 3.19. The van der Waals surface area contributed by atoms with Gasteiger partial charge in [-0.3, -0.25) is 4.57 Å². The summed E-state index contributed by atoms with van der Waals surface area (Å²) in [6.45, 7) is 5.62. The maximum atomic E-state index is 13.4. The van der Waals surface area contributed by atoms with Gasteiger partial charge in [0.15, 0.2) is 0 Å². The van der Waals surface area contributed by atoms with E-state index in [1.54, 1.807) is 18.2 Å². The van der Waals surface area contributed by atoms with Crippen LogP contribution in [0.1, 0.15) is 55.7 Å². The second-order valence-corrected chi connectivity index (χ2v) is 9.42. The molecule has 1 atom stereocenters. The standard InChI is InChI=1S/C24H21ClF6N2O2/c1-4-18-20-15(11-22(2,3)35-18)19-16(25)6-5-7-17(19)33(20)21(34)32-14-9-12(23(26,27)28)8-13(10-14)24(29,30)31/h5-10,18H,4,11H2,1-3H3,(H,32,34)/t18-/m0/s1. The van der Waals surface area contributed by atoms with Gasteiger partial charge in [0, 0.05) is 17.5 Å². The molecular weight excluding hydrogens is 498 g/mol. The van der Waals surface area contributed by atoms with E-state index < -0.39 is 46.9 Å². The van der Waals surface area contributed by atoms with Crippen LogP contribution < -0.4 is 5.32 Å². The SMILES string of the molecule is CC[C@@H]1OC(C)(C)Cc2c1n(C(=O)Nc1cc(C(F)(F)F)cc(C(F)(F)F)c1)c1cccc(Cl)c21. The van der Waals surface area contributed by atoms with Crippen LogP contribution in [-0.4, -0.2) is 16.2 Å². The first-order valence-corrected chi connectivity index (χ1v) is 11.1. The summed E-state index contributed by atoms with van der Waals surface area (Å²) in [5.74, 6) is 0. The fourth-order valence-corrected chi connectivity index (χ4v) is 4.80. The number of rotatable bonds is 2. The van der Waals surface area contributed by atoms with Crippen LogP contribution in [0.15, 0.2) is 36.4 Å². The zero-order chi connectivity index (χ0) is 25.9. The van der Waals surface area contributed by atoms with Crippen LogP contribution in [0.4, 0.5) is 36.8 Å². The van der Waals surface area contributed by atoms with Gasteiger partial charge < -0.3 is 10.1 Å². The molecule has 1 N–H and O–H groups in total. The van der Waals surface area contributed by atoms with Gasteiger partial charge in [-0.05, 0) is 56.2 Å². The number of benzene rings is 2. The van der Waals surface area contributed by atoms with E-state index in [1.807, 2.05) is 20.8 Å². The van der Waals surface area contributed by atoms with Gasteiger partial charge in [-0.2, -0.15) is 26.3 Å². The van der Waals surface area contributed by atoms with Crippen LogP contribution in [0.3, 0.4) is 0 Å². The lowest BCUT2D eigenvalue weighted by Gasteiger charge is -2.36. The van der Waals surface area contributed by atoms with Crippen molar-refractivity contribution in [1.82, 2.24) is 4.57 Å². The quantitative estimate of drug-likeness (QED) is 0.347. The predicted octanol–water partition coefficient (Wildman–Crippen LogP) is 8.21. The Morgan fingerprint density at radius 1 is 1.11 bits per heavy atom. The van der Waals surface area contributed by atoms with Crippen LogP contribution >= 0.6 is 11.6 Å². The monoisotopic (exact) mass is 518 g/mol. The molecule has 1 aromatic heterocycles. The lowest BCUT2D eigenvalue weighted by Crippen LogP contribution is -2.36. The molecule has 11 heteroatoms. The van der Waals surface area contributed by atoms with Gasteiger partial charge >= 0.3 is 18.4 Å². The first-order chi connectivity index (χ1) is 16.1. The van der Waals surface area contributed by atoms with Gasteiger partial charge in [0.1, 0.15) is 0 Å². The average molecular weight is 519 g/mol. The third-order valence-electron chi connectivity index (χ3n) is 5.87. The Kier molecular flexibility index (Phi) is 6.12. The van der Waals surface area contributed by atoms with E-state index in [9.17, 15) is 31.1 Å². The minimum absolute atomic E-state index is 0.00535. The van der Waals surface area contributed by atoms with Crippen molar-refractivity contribution >= 4 is 34.2 Å². The number of aromatic nitrogens is 1. The van der Waals surface area contributed by atoms with Crippen molar-refractivity contribution in [2.75, 3.05) is 5.32 Å². The van der Waals surface area contributed by atoms with E-state index in [0.29, 0.717) is 46.6 Å². The number of amides is 1. The molecule has 2 heterocycles. The number of hydrogen-bond acceptors (Lipinski definition) is 2. The third-order valence-corrected chi connectivity index (χ3v) is 6.18. The number of nitrogens with zero attached hydrogens (tertiary/aromatic N) is 1. The number of nitrogens with one attached hydrogen (secondary N) is 1. The fraction of sp³-hybridized carbons (Fsp3) is 0.375. The molecule has 0 saturated heterocycles. The van der Waals surface area contributed by atoms with Gasteiger partial charge in [-0.1, -0.05) is 24.6 Å². The molecule has 4 rings (SSSR count). The molecule has 0 aliphatic carbocycles. The minimum Gasteiger partial charge on any atom is -0.366 e. The van der Waals surface area contributed by atoms with Crippen molar-refractivity contribution in [3.8, 4) is 0 Å². The summed E-state index contributed by atoms with van der Waals surface area (Å²) in [6, 6.07) is 4.90. The molecule has 0 fully saturated rings. The van der Waals surface area contributed by atoms with Gasteiger partial charge in [0.25, 0.3) is 0 Å². The molecule has 188 valence electrons. The largest absolute Gasteiger partial charge is 0.416 e. The van der Waals surface area contributed by atoms with E-state index in [0.717, 1.165) is 5.56 Å². The van der Waals surface area contributed by atoms with Crippen LogP contribution in [-0.2, 0) is 23.5 Å². The van der Waals surface area contributed by atoms with Crippen molar-refractivity contribution < 1.29 is 35.9 Å². The molecule has 0 saturated carbocycles. The van der Waals surface area contributed by atoms with Crippen molar-refractivity contribution in [3.05, 3.63) is 63.8 Å². The maximum Gasteiger partial charge on any atom is 0.416 e. The number of halogens is 7. The highest BCUT2D eigenvalue weighted by molar-refractivity contribution is 6.36. The molecule has 0 spiro atoms. The Morgan fingerprint density at radius 3 is 2.26 bits per heavy atom. The van der Waals surface area contributed by atoms with E-state index in [2.05, 4.69) is 5.32 Å². The lowest BCUT2D eigenvalue weighted by molar-refractivity contribution is -0.143. The predicted molar refractivity (Wildman–Crippen MR) is 120 cm³/mol. The van der Waals surface area contributed by atoms with Gasteiger partial charge in [0.05, 0.1) is 39.1 Å². The molecule has 1 aliphatic rings. The van der Waals surface area contributed by atoms with Crippen LogP contribution in [0.2, 0.25) is 5.02 Å².